The highest BCUT2D eigenvalue weighted by Crippen LogP contribution is 2.42. The number of aromatic nitrogens is 3. The lowest BCUT2D eigenvalue weighted by Crippen LogP contribution is -2.35. The van der Waals surface area contributed by atoms with Gasteiger partial charge in [-0.15, -0.1) is 0 Å². The Kier molecular flexibility index (Phi) is 7.51. The number of H-pyrrole nitrogens is 1. The van der Waals surface area contributed by atoms with Gasteiger partial charge in [0.2, 0.25) is 5.88 Å². The van der Waals surface area contributed by atoms with Gasteiger partial charge in [-0.05, 0) is 29.7 Å². The van der Waals surface area contributed by atoms with E-state index in [9.17, 15) is 9.59 Å². The number of halogens is 2. The highest BCUT2D eigenvalue weighted by atomic mass is 35.5. The van der Waals surface area contributed by atoms with Gasteiger partial charge in [0.25, 0.3) is 11.5 Å². The molecule has 3 aromatic rings. The number of methoxy groups -OCH3 is 2. The fourth-order valence-electron chi connectivity index (χ4n) is 4.05. The average molecular weight is 543 g/mol. The summed E-state index contributed by atoms with van der Waals surface area (Å²) in [5.41, 5.74) is 7.84. The summed E-state index contributed by atoms with van der Waals surface area (Å²) >= 11 is 12.3. The molecule has 0 aliphatic carbocycles. The SMILES string of the molecule is COc1ncc(N=C(C2=C(N)C(=O)N(c3cc(Cl)c[nH]c3=O)C2c2ccc(Cl)cc2)C(C)C)c(OC)n1. The van der Waals surface area contributed by atoms with E-state index in [1.54, 1.807) is 24.3 Å². The number of aliphatic imine (C=N–C) groups is 1. The molecule has 4 rings (SSSR count). The summed E-state index contributed by atoms with van der Waals surface area (Å²) in [6.45, 7) is 3.82. The molecule has 0 spiro atoms. The molecule has 3 N–H and O–H groups in total. The highest BCUT2D eigenvalue weighted by molar-refractivity contribution is 6.31. The third-order valence-corrected chi connectivity index (χ3v) is 6.19. The minimum absolute atomic E-state index is 0.0452. The normalized spacial score (nSPS) is 16.1. The predicted octanol–water partition coefficient (Wildman–Crippen LogP) is 4.22. The number of hydrogen-bond acceptors (Lipinski definition) is 8. The zero-order valence-corrected chi connectivity index (χ0v) is 22.0. The van der Waals surface area contributed by atoms with Gasteiger partial charge in [0, 0.05) is 16.8 Å². The molecule has 2 aromatic heterocycles. The summed E-state index contributed by atoms with van der Waals surface area (Å²) in [6.07, 6.45) is 2.80. The number of carbonyl (C=O) groups excluding carboxylic acids is 1. The van der Waals surface area contributed by atoms with Crippen LogP contribution < -0.4 is 25.7 Å². The van der Waals surface area contributed by atoms with Crippen LogP contribution in [0.3, 0.4) is 0 Å². The van der Waals surface area contributed by atoms with E-state index in [1.165, 1.54) is 37.6 Å². The molecule has 1 atom stereocenters. The number of ether oxygens (including phenoxy) is 2. The monoisotopic (exact) mass is 542 g/mol. The smallest absolute Gasteiger partial charge is 0.319 e. The first-order chi connectivity index (χ1) is 17.7. The van der Waals surface area contributed by atoms with Crippen LogP contribution in [0.4, 0.5) is 11.4 Å². The van der Waals surface area contributed by atoms with Crippen molar-refractivity contribution >= 4 is 46.2 Å². The largest absolute Gasteiger partial charge is 0.479 e. The van der Waals surface area contributed by atoms with Crippen LogP contribution in [0.25, 0.3) is 0 Å². The van der Waals surface area contributed by atoms with E-state index in [-0.39, 0.29) is 34.2 Å². The van der Waals surface area contributed by atoms with Crippen molar-refractivity contribution in [1.29, 1.82) is 0 Å². The first kappa shape index (κ1) is 26.2. The first-order valence-electron chi connectivity index (χ1n) is 11.2. The maximum Gasteiger partial charge on any atom is 0.319 e. The number of benzene rings is 1. The molecule has 1 amide bonds. The maximum absolute atomic E-state index is 13.6. The Bertz CT molecular complexity index is 1470. The summed E-state index contributed by atoms with van der Waals surface area (Å²) in [7, 11) is 2.89. The number of nitrogens with zero attached hydrogens (tertiary/aromatic N) is 4. The number of aromatic amines is 1. The van der Waals surface area contributed by atoms with Crippen molar-refractivity contribution in [1.82, 2.24) is 15.0 Å². The summed E-state index contributed by atoms with van der Waals surface area (Å²) in [6, 6.07) is 7.65. The number of anilines is 1. The van der Waals surface area contributed by atoms with Gasteiger partial charge in [-0.2, -0.15) is 4.98 Å². The molecule has 1 aliphatic heterocycles. The van der Waals surface area contributed by atoms with E-state index >= 15 is 0 Å². The van der Waals surface area contributed by atoms with Gasteiger partial charge >= 0.3 is 6.01 Å². The van der Waals surface area contributed by atoms with Crippen LogP contribution in [0.15, 0.2) is 63.8 Å². The lowest BCUT2D eigenvalue weighted by Gasteiger charge is -2.28. The lowest BCUT2D eigenvalue weighted by molar-refractivity contribution is -0.114. The van der Waals surface area contributed by atoms with E-state index in [2.05, 4.69) is 15.0 Å². The number of hydrogen-bond donors (Lipinski definition) is 2. The molecule has 1 unspecified atom stereocenters. The Balaban J connectivity index is 1.97. The third kappa shape index (κ3) is 5.03. The molecule has 1 aromatic carbocycles. The molecule has 3 heterocycles. The quantitative estimate of drug-likeness (QED) is 0.426. The van der Waals surface area contributed by atoms with Crippen molar-refractivity contribution in [3.8, 4) is 11.9 Å². The zero-order valence-electron chi connectivity index (χ0n) is 20.5. The Morgan fingerprint density at radius 1 is 1.14 bits per heavy atom. The Labute approximate surface area is 222 Å². The number of carbonyl (C=O) groups is 1. The number of rotatable bonds is 7. The number of nitrogens with two attached hydrogens (primary N) is 1. The molecule has 0 saturated heterocycles. The number of pyridine rings is 1. The van der Waals surface area contributed by atoms with Crippen LogP contribution in [-0.2, 0) is 4.79 Å². The molecular formula is C25H24Cl2N6O4. The first-order valence-corrected chi connectivity index (χ1v) is 11.9. The fourth-order valence-corrected chi connectivity index (χ4v) is 4.33. The predicted molar refractivity (Wildman–Crippen MR) is 142 cm³/mol. The third-order valence-electron chi connectivity index (χ3n) is 5.72. The molecule has 1 aliphatic rings. The number of amides is 1. The van der Waals surface area contributed by atoms with Gasteiger partial charge in [-0.25, -0.2) is 9.98 Å². The van der Waals surface area contributed by atoms with Crippen molar-refractivity contribution < 1.29 is 14.3 Å². The molecule has 0 saturated carbocycles. The highest BCUT2D eigenvalue weighted by Gasteiger charge is 2.43. The zero-order chi connectivity index (χ0) is 26.9. The Morgan fingerprint density at radius 3 is 2.46 bits per heavy atom. The molecule has 192 valence electrons. The van der Waals surface area contributed by atoms with Crippen molar-refractivity contribution in [2.45, 2.75) is 19.9 Å². The van der Waals surface area contributed by atoms with Crippen LogP contribution in [0.5, 0.6) is 11.9 Å². The summed E-state index contributed by atoms with van der Waals surface area (Å²) < 4.78 is 10.5. The molecule has 37 heavy (non-hydrogen) atoms. The van der Waals surface area contributed by atoms with Crippen LogP contribution in [0, 0.1) is 5.92 Å². The van der Waals surface area contributed by atoms with Gasteiger partial charge < -0.3 is 20.2 Å². The fraction of sp³-hybridized carbons (Fsp3) is 0.240. The van der Waals surface area contributed by atoms with Gasteiger partial charge in [-0.1, -0.05) is 49.2 Å². The van der Waals surface area contributed by atoms with Crippen LogP contribution in [-0.4, -0.2) is 40.8 Å². The summed E-state index contributed by atoms with van der Waals surface area (Å²) in [5, 5.41) is 0.763. The van der Waals surface area contributed by atoms with E-state index < -0.39 is 17.5 Å². The molecular weight excluding hydrogens is 519 g/mol. The molecule has 10 nitrogen and oxygen atoms in total. The van der Waals surface area contributed by atoms with Gasteiger partial charge in [0.15, 0.2) is 0 Å². The van der Waals surface area contributed by atoms with Crippen LogP contribution in [0.1, 0.15) is 25.5 Å². The van der Waals surface area contributed by atoms with Crippen molar-refractivity contribution in [2.75, 3.05) is 19.1 Å². The number of nitrogens with one attached hydrogen (secondary N) is 1. The van der Waals surface area contributed by atoms with E-state index in [1.807, 2.05) is 13.8 Å². The van der Waals surface area contributed by atoms with E-state index in [0.29, 0.717) is 27.6 Å². The van der Waals surface area contributed by atoms with Crippen molar-refractivity contribution in [3.63, 3.8) is 0 Å². The van der Waals surface area contributed by atoms with Crippen LogP contribution >= 0.6 is 23.2 Å². The second-order valence-electron chi connectivity index (χ2n) is 8.39. The van der Waals surface area contributed by atoms with E-state index in [0.717, 1.165) is 0 Å². The topological polar surface area (TPSA) is 136 Å². The van der Waals surface area contributed by atoms with E-state index in [4.69, 9.17) is 43.4 Å². The second-order valence-corrected chi connectivity index (χ2v) is 9.26. The molecule has 0 radical (unpaired) electrons. The lowest BCUT2D eigenvalue weighted by atomic mass is 9.90. The van der Waals surface area contributed by atoms with Crippen molar-refractivity contribution in [3.05, 3.63) is 80.0 Å². The van der Waals surface area contributed by atoms with Crippen LogP contribution in [0.2, 0.25) is 10.0 Å². The molecule has 0 fully saturated rings. The van der Waals surface area contributed by atoms with Crippen molar-refractivity contribution in [2.24, 2.45) is 16.6 Å². The second kappa shape index (κ2) is 10.6. The molecule has 12 heteroatoms. The van der Waals surface area contributed by atoms with Gasteiger partial charge in [-0.3, -0.25) is 14.5 Å². The summed E-state index contributed by atoms with van der Waals surface area (Å²) in [4.78, 5) is 43.4. The standard InChI is InChI=1S/C25H24Cl2N6O4/c1-12(2)20(31-16-11-30-25(37-4)32-23(16)36-3)18-19(28)24(35)33(17-9-15(27)10-29-22(17)34)21(18)13-5-7-14(26)8-6-13/h5-12,21H,28H2,1-4H3,(H,29,34). The maximum atomic E-state index is 13.6. The van der Waals surface area contributed by atoms with Gasteiger partial charge in [0.05, 0.1) is 37.2 Å². The molecule has 0 bridgehead atoms. The Hall–Kier alpha value is -3.89. The Morgan fingerprint density at radius 2 is 1.84 bits per heavy atom. The van der Waals surface area contributed by atoms with Gasteiger partial charge in [0.1, 0.15) is 17.1 Å². The minimum atomic E-state index is -0.796. The average Bonchev–Trinajstić information content (AvgIpc) is 3.14. The summed E-state index contributed by atoms with van der Waals surface area (Å²) in [5.74, 6) is -0.589. The minimum Gasteiger partial charge on any atom is -0.479 e.